The third-order valence-corrected chi connectivity index (χ3v) is 4.58. The third kappa shape index (κ3) is 3.53. The van der Waals surface area contributed by atoms with Crippen LogP contribution in [0.1, 0.15) is 11.4 Å². The second-order valence-electron chi connectivity index (χ2n) is 3.78. The van der Waals surface area contributed by atoms with Gasteiger partial charge in [0.2, 0.25) is 0 Å². The van der Waals surface area contributed by atoms with Crippen molar-refractivity contribution >= 4 is 32.5 Å². The Morgan fingerprint density at radius 1 is 1.52 bits per heavy atom. The molecule has 21 heavy (non-hydrogen) atoms. The van der Waals surface area contributed by atoms with E-state index in [9.17, 15) is 13.2 Å². The van der Waals surface area contributed by atoms with Gasteiger partial charge in [0.1, 0.15) is 11.0 Å². The lowest BCUT2D eigenvalue weighted by Gasteiger charge is -2.05. The van der Waals surface area contributed by atoms with Gasteiger partial charge in [-0.1, -0.05) is 0 Å². The molecule has 0 spiro atoms. The summed E-state index contributed by atoms with van der Waals surface area (Å²) in [5, 5.41) is 19.0. The number of carbonyl (C=O) groups is 1. The molecule has 0 fully saturated rings. The van der Waals surface area contributed by atoms with E-state index in [1.807, 2.05) is 0 Å². The minimum atomic E-state index is -4.01. The summed E-state index contributed by atoms with van der Waals surface area (Å²) in [5.74, 6) is -1.06. The normalized spacial score (nSPS) is 10.8. The van der Waals surface area contributed by atoms with Gasteiger partial charge in [-0.05, 0) is 12.1 Å². The van der Waals surface area contributed by atoms with E-state index in [1.54, 1.807) is 6.07 Å². The number of anilines is 1. The second kappa shape index (κ2) is 5.86. The van der Waals surface area contributed by atoms with Gasteiger partial charge in [0.25, 0.3) is 10.0 Å². The number of aliphatic carboxylic acids is 1. The first kappa shape index (κ1) is 14.9. The lowest BCUT2D eigenvalue weighted by molar-refractivity contribution is -0.136. The summed E-state index contributed by atoms with van der Waals surface area (Å²) in [5.41, 5.74) is 0.0178. The van der Waals surface area contributed by atoms with E-state index < -0.39 is 16.0 Å². The van der Waals surface area contributed by atoms with Crippen molar-refractivity contribution in [1.29, 1.82) is 5.26 Å². The Kier molecular flexibility index (Phi) is 4.15. The fourth-order valence-corrected chi connectivity index (χ4v) is 3.52. The Balaban J connectivity index is 2.28. The van der Waals surface area contributed by atoms with Gasteiger partial charge in [0.15, 0.2) is 10.8 Å². The molecule has 0 saturated heterocycles. The van der Waals surface area contributed by atoms with Crippen molar-refractivity contribution in [3.63, 3.8) is 0 Å². The van der Waals surface area contributed by atoms with Gasteiger partial charge < -0.3 is 5.11 Å². The average molecular weight is 324 g/mol. The Morgan fingerprint density at radius 2 is 2.29 bits per heavy atom. The van der Waals surface area contributed by atoms with Crippen LogP contribution in [0.3, 0.4) is 0 Å². The number of sulfonamides is 1. The summed E-state index contributed by atoms with van der Waals surface area (Å²) in [6.45, 7) is 0. The van der Waals surface area contributed by atoms with Crippen LogP contribution in [-0.4, -0.2) is 29.5 Å². The van der Waals surface area contributed by atoms with Crippen molar-refractivity contribution in [1.82, 2.24) is 9.97 Å². The fraction of sp³-hybridized carbons (Fsp3) is 0.0909. The number of pyridine rings is 1. The predicted molar refractivity (Wildman–Crippen MR) is 73.2 cm³/mol. The molecular weight excluding hydrogens is 316 g/mol. The first-order valence-corrected chi connectivity index (χ1v) is 7.83. The summed E-state index contributed by atoms with van der Waals surface area (Å²) >= 11 is 0.958. The number of carboxylic acids is 1. The molecule has 0 atom stereocenters. The third-order valence-electron chi connectivity index (χ3n) is 2.27. The predicted octanol–water partition coefficient (Wildman–Crippen LogP) is 0.838. The first-order valence-electron chi connectivity index (χ1n) is 5.46. The standard InChI is InChI=1S/C11H8N4O4S2/c12-5-8-9(2-1-3-13-8)21(18,19)15-11-14-7(6-20-11)4-10(16)17/h1-3,6H,4H2,(H,14,15)(H,16,17). The van der Waals surface area contributed by atoms with Gasteiger partial charge >= 0.3 is 5.97 Å². The van der Waals surface area contributed by atoms with Crippen LogP contribution in [0.25, 0.3) is 0 Å². The number of nitrogens with zero attached hydrogens (tertiary/aromatic N) is 3. The highest BCUT2D eigenvalue weighted by Crippen LogP contribution is 2.21. The van der Waals surface area contributed by atoms with Crippen molar-refractivity contribution in [2.45, 2.75) is 11.3 Å². The highest BCUT2D eigenvalue weighted by Gasteiger charge is 2.21. The quantitative estimate of drug-likeness (QED) is 0.832. The van der Waals surface area contributed by atoms with Crippen molar-refractivity contribution < 1.29 is 18.3 Å². The Labute approximate surface area is 123 Å². The maximum atomic E-state index is 12.2. The maximum absolute atomic E-state index is 12.2. The molecule has 10 heteroatoms. The molecule has 0 aliphatic carbocycles. The van der Waals surface area contributed by atoms with Gasteiger partial charge in [-0.3, -0.25) is 9.52 Å². The van der Waals surface area contributed by atoms with Crippen molar-refractivity contribution in [3.8, 4) is 6.07 Å². The van der Waals surface area contributed by atoms with Crippen LogP contribution in [0.4, 0.5) is 5.13 Å². The summed E-state index contributed by atoms with van der Waals surface area (Å²) in [7, 11) is -4.01. The zero-order chi connectivity index (χ0) is 15.5. The molecule has 0 unspecified atom stereocenters. The topological polar surface area (TPSA) is 133 Å². The molecule has 0 radical (unpaired) electrons. The number of aromatic nitrogens is 2. The largest absolute Gasteiger partial charge is 0.481 e. The monoisotopic (exact) mass is 324 g/mol. The van der Waals surface area contributed by atoms with E-state index in [0.29, 0.717) is 0 Å². The zero-order valence-electron chi connectivity index (χ0n) is 10.3. The number of hydrogen-bond acceptors (Lipinski definition) is 7. The molecule has 0 amide bonds. The molecule has 108 valence electrons. The van der Waals surface area contributed by atoms with Crippen LogP contribution < -0.4 is 4.72 Å². The molecule has 2 aromatic rings. The van der Waals surface area contributed by atoms with Gasteiger partial charge in [-0.2, -0.15) is 5.26 Å². The highest BCUT2D eigenvalue weighted by molar-refractivity contribution is 7.93. The summed E-state index contributed by atoms with van der Waals surface area (Å²) in [6, 6.07) is 4.34. The minimum Gasteiger partial charge on any atom is -0.481 e. The van der Waals surface area contributed by atoms with Gasteiger partial charge in [0.05, 0.1) is 12.1 Å². The van der Waals surface area contributed by atoms with Gasteiger partial charge in [-0.15, -0.1) is 11.3 Å². The number of carboxylic acid groups (broad SMARTS) is 1. The van der Waals surface area contributed by atoms with E-state index in [0.717, 1.165) is 11.3 Å². The highest BCUT2D eigenvalue weighted by atomic mass is 32.2. The zero-order valence-corrected chi connectivity index (χ0v) is 12.0. The minimum absolute atomic E-state index is 0.0268. The summed E-state index contributed by atoms with van der Waals surface area (Å²) in [4.78, 5) is 17.8. The molecule has 0 bridgehead atoms. The molecule has 0 saturated carbocycles. The fourth-order valence-electron chi connectivity index (χ4n) is 1.45. The number of thiazole rings is 1. The lowest BCUT2D eigenvalue weighted by Crippen LogP contribution is -2.15. The maximum Gasteiger partial charge on any atom is 0.309 e. The van der Waals surface area contributed by atoms with Crippen LogP contribution in [0.5, 0.6) is 0 Å². The van der Waals surface area contributed by atoms with Crippen molar-refractivity contribution in [3.05, 3.63) is 35.1 Å². The van der Waals surface area contributed by atoms with E-state index in [-0.39, 0.29) is 27.8 Å². The molecule has 2 heterocycles. The molecule has 0 aliphatic heterocycles. The van der Waals surface area contributed by atoms with Gasteiger partial charge in [-0.25, -0.2) is 18.4 Å². The van der Waals surface area contributed by atoms with Crippen molar-refractivity contribution in [2.24, 2.45) is 0 Å². The van der Waals surface area contributed by atoms with Crippen LogP contribution in [-0.2, 0) is 21.2 Å². The average Bonchev–Trinajstić information content (AvgIpc) is 2.84. The van der Waals surface area contributed by atoms with Crippen molar-refractivity contribution in [2.75, 3.05) is 4.72 Å². The Hall–Kier alpha value is -2.51. The second-order valence-corrected chi connectivity index (χ2v) is 6.29. The van der Waals surface area contributed by atoms with E-state index in [4.69, 9.17) is 10.4 Å². The Bertz CT molecular complexity index is 823. The molecule has 8 nitrogen and oxygen atoms in total. The number of rotatable bonds is 5. The lowest BCUT2D eigenvalue weighted by atomic mass is 10.3. The van der Waals surface area contributed by atoms with E-state index >= 15 is 0 Å². The van der Waals surface area contributed by atoms with Crippen LogP contribution in [0.2, 0.25) is 0 Å². The first-order chi connectivity index (χ1) is 9.92. The van der Waals surface area contributed by atoms with Gasteiger partial charge in [0, 0.05) is 11.6 Å². The molecule has 2 aromatic heterocycles. The molecular formula is C11H8N4O4S2. The number of hydrogen-bond donors (Lipinski definition) is 2. The van der Waals surface area contributed by atoms with Crippen LogP contribution in [0.15, 0.2) is 28.6 Å². The summed E-state index contributed by atoms with van der Waals surface area (Å²) < 4.78 is 26.5. The van der Waals surface area contributed by atoms with E-state index in [1.165, 1.54) is 23.7 Å². The molecule has 0 aromatic carbocycles. The molecule has 0 aliphatic rings. The Morgan fingerprint density at radius 3 is 2.95 bits per heavy atom. The number of nitrogens with one attached hydrogen (secondary N) is 1. The van der Waals surface area contributed by atoms with Crippen LogP contribution in [0, 0.1) is 11.3 Å². The van der Waals surface area contributed by atoms with Crippen LogP contribution >= 0.6 is 11.3 Å². The molecule has 2 rings (SSSR count). The van der Waals surface area contributed by atoms with E-state index in [2.05, 4.69) is 14.7 Å². The summed E-state index contributed by atoms with van der Waals surface area (Å²) in [6.07, 6.45) is 1.01. The SMILES string of the molecule is N#Cc1ncccc1S(=O)(=O)Nc1nc(CC(=O)O)cs1. The smallest absolute Gasteiger partial charge is 0.309 e. The number of nitriles is 1. The molecule has 2 N–H and O–H groups in total.